The van der Waals surface area contributed by atoms with Gasteiger partial charge in [0.15, 0.2) is 0 Å². The molecule has 0 bridgehead atoms. The maximum Gasteiger partial charge on any atom is 0.284 e. The number of aliphatic hydroxyl groups excluding tert-OH is 2. The number of nitrogens with one attached hydrogen (secondary N) is 3. The predicted molar refractivity (Wildman–Crippen MR) is 185 cm³/mol. The number of piperazine rings is 1. The van der Waals surface area contributed by atoms with Crippen LogP contribution in [0.5, 0.6) is 0 Å². The molecule has 256 valence electrons. The smallest absolute Gasteiger partial charge is 0.284 e. The number of hydrogen-bond donors (Lipinski definition) is 5. The molecule has 0 saturated carbocycles. The van der Waals surface area contributed by atoms with E-state index in [1.165, 1.54) is 0 Å². The van der Waals surface area contributed by atoms with Gasteiger partial charge in [-0.2, -0.15) is 0 Å². The van der Waals surface area contributed by atoms with Crippen LogP contribution in [0.3, 0.4) is 0 Å². The van der Waals surface area contributed by atoms with Gasteiger partial charge < -0.3 is 30.5 Å². The Morgan fingerprint density at radius 2 is 1.60 bits per heavy atom. The number of rotatable bonds is 11. The second-order valence-corrected chi connectivity index (χ2v) is 14.0. The molecule has 2 aliphatic rings. The van der Waals surface area contributed by atoms with E-state index in [0.29, 0.717) is 25.9 Å². The highest BCUT2D eigenvalue weighted by molar-refractivity contribution is 5.84. The van der Waals surface area contributed by atoms with Crippen molar-refractivity contribution in [2.75, 3.05) is 26.2 Å². The van der Waals surface area contributed by atoms with E-state index < -0.39 is 35.7 Å². The molecule has 3 aromatic carbocycles. The molecule has 3 aromatic rings. The first-order chi connectivity index (χ1) is 23.0. The average molecular weight is 656 g/mol. The van der Waals surface area contributed by atoms with Crippen molar-refractivity contribution >= 4 is 17.8 Å². The summed E-state index contributed by atoms with van der Waals surface area (Å²) in [7, 11) is 0. The maximum absolute atomic E-state index is 13.8. The largest absolute Gasteiger partial charge is 0.460 e. The van der Waals surface area contributed by atoms with E-state index in [0.717, 1.165) is 22.3 Å². The van der Waals surface area contributed by atoms with E-state index in [9.17, 15) is 19.8 Å². The molecule has 0 aromatic heterocycles. The Morgan fingerprint density at radius 1 is 0.958 bits per heavy atom. The van der Waals surface area contributed by atoms with Crippen molar-refractivity contribution in [2.24, 2.45) is 5.92 Å². The highest BCUT2D eigenvalue weighted by Gasteiger charge is 2.38. The van der Waals surface area contributed by atoms with Gasteiger partial charge in [-0.15, -0.1) is 0 Å². The van der Waals surface area contributed by atoms with Crippen molar-refractivity contribution in [3.63, 3.8) is 0 Å². The molecular weight excluding hydrogens is 606 g/mol. The maximum atomic E-state index is 13.8. The number of carbonyl (C=O) groups is 2. The number of amides is 2. The Hall–Kier alpha value is -4.25. The van der Waals surface area contributed by atoms with E-state index in [1.807, 2.05) is 111 Å². The summed E-state index contributed by atoms with van der Waals surface area (Å²) in [6.07, 6.45) is -0.551. The molecule has 1 saturated heterocycles. The number of nitrogens with zero attached hydrogens (tertiary/aromatic N) is 2. The number of benzene rings is 3. The number of β-amino-alcohol motifs (C(OH)–C–C–N with tert-alkyl or cyclic N) is 1. The van der Waals surface area contributed by atoms with Crippen LogP contribution in [0.1, 0.15) is 55.5 Å². The van der Waals surface area contributed by atoms with E-state index >= 15 is 0 Å². The van der Waals surface area contributed by atoms with Crippen LogP contribution < -0.4 is 10.6 Å². The molecule has 1 aliphatic carbocycles. The first kappa shape index (κ1) is 35.1. The zero-order valence-electron chi connectivity index (χ0n) is 28.1. The molecule has 0 spiro atoms. The van der Waals surface area contributed by atoms with Gasteiger partial charge in [0.25, 0.3) is 6.02 Å². The first-order valence-corrected chi connectivity index (χ1v) is 16.8. The minimum atomic E-state index is -0.907. The third-order valence-corrected chi connectivity index (χ3v) is 9.00. The average Bonchev–Trinajstić information content (AvgIpc) is 3.37. The fourth-order valence-corrected chi connectivity index (χ4v) is 6.62. The van der Waals surface area contributed by atoms with Crippen molar-refractivity contribution in [1.82, 2.24) is 20.4 Å². The fraction of sp³-hybridized carbons (Fsp3) is 0.447. The standard InChI is InChI=1S/C38H49N5O5/c1-38(2,3)41-36(47)32-24-43(37(39)48-25-27-14-8-5-9-15-27)19-18-42(32)23-30(44)21-29(20-26-12-6-4-7-13-26)35(46)40-34-31-17-11-10-16-28(31)22-33(34)45/h4-17,29-30,32-34,39,44-45H,18-25H2,1-3H3,(H,40,46)(H,41,47)/t29-,30+,32+,33-,34+/m1/s1. The van der Waals surface area contributed by atoms with Crippen LogP contribution in [0.25, 0.3) is 0 Å². The zero-order chi connectivity index (χ0) is 34.3. The fourth-order valence-electron chi connectivity index (χ4n) is 6.62. The van der Waals surface area contributed by atoms with Crippen LogP contribution in [-0.4, -0.2) is 87.8 Å². The molecule has 5 atom stereocenters. The summed E-state index contributed by atoms with van der Waals surface area (Å²) in [5.41, 5.74) is 3.39. The number of hydrogen-bond acceptors (Lipinski definition) is 7. The monoisotopic (exact) mass is 655 g/mol. The molecule has 0 radical (unpaired) electrons. The van der Waals surface area contributed by atoms with Gasteiger partial charge in [-0.25, -0.2) is 0 Å². The summed E-state index contributed by atoms with van der Waals surface area (Å²) < 4.78 is 5.78. The molecule has 2 amide bonds. The van der Waals surface area contributed by atoms with E-state index in [-0.39, 0.29) is 44.0 Å². The molecule has 0 unspecified atom stereocenters. The van der Waals surface area contributed by atoms with E-state index in [2.05, 4.69) is 10.6 Å². The van der Waals surface area contributed by atoms with Crippen molar-refractivity contribution in [1.29, 1.82) is 5.41 Å². The summed E-state index contributed by atoms with van der Waals surface area (Å²) >= 11 is 0. The van der Waals surface area contributed by atoms with Gasteiger partial charge in [0.05, 0.1) is 18.2 Å². The lowest BCUT2D eigenvalue weighted by Crippen LogP contribution is -2.63. The predicted octanol–water partition coefficient (Wildman–Crippen LogP) is 3.42. The molecule has 1 aliphatic heterocycles. The van der Waals surface area contributed by atoms with Crippen LogP contribution in [0.2, 0.25) is 0 Å². The number of aliphatic hydroxyl groups is 2. The van der Waals surface area contributed by atoms with Gasteiger partial charge in [-0.05, 0) is 55.9 Å². The summed E-state index contributed by atoms with van der Waals surface area (Å²) in [6, 6.07) is 25.9. The quantitative estimate of drug-likeness (QED) is 0.158. The van der Waals surface area contributed by atoms with Crippen LogP contribution in [0.4, 0.5) is 0 Å². The third kappa shape index (κ3) is 9.43. The highest BCUT2D eigenvalue weighted by atomic mass is 16.5. The molecule has 1 heterocycles. The summed E-state index contributed by atoms with van der Waals surface area (Å²) in [4.78, 5) is 31.1. The van der Waals surface area contributed by atoms with Gasteiger partial charge in [-0.3, -0.25) is 19.9 Å². The minimum absolute atomic E-state index is 0.00267. The topological polar surface area (TPSA) is 138 Å². The van der Waals surface area contributed by atoms with Gasteiger partial charge in [-0.1, -0.05) is 84.9 Å². The number of ether oxygens (including phenoxy) is 1. The van der Waals surface area contributed by atoms with Crippen molar-refractivity contribution in [2.45, 2.75) is 76.5 Å². The molecule has 5 rings (SSSR count). The molecule has 1 fully saturated rings. The normalized spacial score (nSPS) is 20.8. The van der Waals surface area contributed by atoms with Crippen LogP contribution in [0, 0.1) is 11.3 Å². The second-order valence-electron chi connectivity index (χ2n) is 14.0. The van der Waals surface area contributed by atoms with Gasteiger partial charge in [0.1, 0.15) is 12.6 Å². The Kier molecular flexibility index (Phi) is 11.5. The lowest BCUT2D eigenvalue weighted by atomic mass is 9.91. The highest BCUT2D eigenvalue weighted by Crippen LogP contribution is 2.32. The summed E-state index contributed by atoms with van der Waals surface area (Å²) in [6.45, 7) is 7.30. The lowest BCUT2D eigenvalue weighted by Gasteiger charge is -2.42. The van der Waals surface area contributed by atoms with Gasteiger partial charge in [0, 0.05) is 44.1 Å². The summed E-state index contributed by atoms with van der Waals surface area (Å²) in [5.74, 6) is -0.984. The van der Waals surface area contributed by atoms with Gasteiger partial charge in [0.2, 0.25) is 11.8 Å². The Morgan fingerprint density at radius 3 is 2.29 bits per heavy atom. The zero-order valence-corrected chi connectivity index (χ0v) is 28.1. The number of fused-ring (bicyclic) bond motifs is 1. The first-order valence-electron chi connectivity index (χ1n) is 16.8. The van der Waals surface area contributed by atoms with Crippen molar-refractivity contribution in [3.05, 3.63) is 107 Å². The van der Waals surface area contributed by atoms with E-state index in [4.69, 9.17) is 10.1 Å². The van der Waals surface area contributed by atoms with Crippen molar-refractivity contribution < 1.29 is 24.5 Å². The molecular formula is C38H49N5O5. The number of amidine groups is 1. The summed E-state index contributed by atoms with van der Waals surface area (Å²) in [5, 5.41) is 37.1. The van der Waals surface area contributed by atoms with Crippen molar-refractivity contribution in [3.8, 4) is 0 Å². The SMILES string of the molecule is CC(C)(C)NC(=O)[C@@H]1CN(C(=N)OCc2ccccc2)CCN1C[C@@H](O)C[C@@H](Cc1ccccc1)C(=O)N[C@H]1c2ccccc2C[C@H]1O. The lowest BCUT2D eigenvalue weighted by molar-refractivity contribution is -0.131. The molecule has 48 heavy (non-hydrogen) atoms. The number of carbonyl (C=O) groups excluding carboxylic acids is 2. The molecule has 10 nitrogen and oxygen atoms in total. The third-order valence-electron chi connectivity index (χ3n) is 9.00. The molecule has 10 heteroatoms. The Bertz CT molecular complexity index is 1530. The van der Waals surface area contributed by atoms with E-state index in [1.54, 1.807) is 4.90 Å². The Labute approximate surface area is 283 Å². The second kappa shape index (κ2) is 15.8. The Balaban J connectivity index is 1.27. The minimum Gasteiger partial charge on any atom is -0.460 e. The van der Waals surface area contributed by atoms with Gasteiger partial charge >= 0.3 is 0 Å². The van der Waals surface area contributed by atoms with Crippen LogP contribution in [0.15, 0.2) is 84.9 Å². The van der Waals surface area contributed by atoms with Crippen LogP contribution >= 0.6 is 0 Å². The van der Waals surface area contributed by atoms with Crippen LogP contribution in [-0.2, 0) is 33.8 Å². The molecule has 5 N–H and O–H groups in total.